The molecular formula is C24H26N4O2. The third-order valence-corrected chi connectivity index (χ3v) is 5.05. The Morgan fingerprint density at radius 3 is 2.40 bits per heavy atom. The van der Waals surface area contributed by atoms with Crippen LogP contribution in [0.25, 0.3) is 6.08 Å². The maximum atomic E-state index is 12.4. The van der Waals surface area contributed by atoms with E-state index in [1.54, 1.807) is 31.2 Å². The second-order valence-corrected chi connectivity index (χ2v) is 7.44. The van der Waals surface area contributed by atoms with Crippen molar-refractivity contribution in [3.05, 3.63) is 87.7 Å². The highest BCUT2D eigenvalue weighted by Crippen LogP contribution is 2.18. The van der Waals surface area contributed by atoms with Crippen LogP contribution < -0.4 is 11.1 Å². The number of hydrogen-bond acceptors (Lipinski definition) is 3. The summed E-state index contributed by atoms with van der Waals surface area (Å²) < 4.78 is 1.95. The van der Waals surface area contributed by atoms with Gasteiger partial charge in [-0.05, 0) is 63.1 Å². The molecular weight excluding hydrogens is 376 g/mol. The van der Waals surface area contributed by atoms with E-state index < -0.39 is 5.91 Å². The van der Waals surface area contributed by atoms with Gasteiger partial charge in [0.15, 0.2) is 0 Å². The number of amides is 2. The predicted octanol–water partition coefficient (Wildman–Crippen LogP) is 3.92. The third kappa shape index (κ3) is 4.84. The fourth-order valence-electron chi connectivity index (χ4n) is 3.33. The number of aromatic nitrogens is 2. The molecule has 1 heterocycles. The molecule has 154 valence electrons. The lowest BCUT2D eigenvalue weighted by atomic mass is 10.1. The number of aryl methyl sites for hydroxylation is 3. The SMILES string of the molecule is Cc1ccc(Cn2nc(C)c(/C=C/C(=O)Nc3ccc(C(N)=O)c(C)c3)c2C)cc1. The molecule has 0 fully saturated rings. The first-order chi connectivity index (χ1) is 14.2. The van der Waals surface area contributed by atoms with Crippen molar-refractivity contribution >= 4 is 23.6 Å². The smallest absolute Gasteiger partial charge is 0.248 e. The summed E-state index contributed by atoms with van der Waals surface area (Å²) in [6, 6.07) is 13.4. The molecule has 0 radical (unpaired) electrons. The molecule has 6 heteroatoms. The average Bonchev–Trinajstić information content (AvgIpc) is 2.94. The van der Waals surface area contributed by atoms with Gasteiger partial charge >= 0.3 is 0 Å². The molecule has 0 atom stereocenters. The molecule has 0 aliphatic heterocycles. The Bertz CT molecular complexity index is 1120. The van der Waals surface area contributed by atoms with Crippen molar-refractivity contribution in [1.82, 2.24) is 9.78 Å². The molecule has 0 saturated carbocycles. The van der Waals surface area contributed by atoms with Gasteiger partial charge in [0.25, 0.3) is 0 Å². The van der Waals surface area contributed by atoms with Crippen LogP contribution in [0.2, 0.25) is 0 Å². The first kappa shape index (κ1) is 21.0. The van der Waals surface area contributed by atoms with Crippen molar-refractivity contribution in [3.8, 4) is 0 Å². The minimum Gasteiger partial charge on any atom is -0.366 e. The van der Waals surface area contributed by atoms with Gasteiger partial charge < -0.3 is 11.1 Å². The summed E-state index contributed by atoms with van der Waals surface area (Å²) in [7, 11) is 0. The maximum absolute atomic E-state index is 12.4. The molecule has 2 amide bonds. The zero-order valence-electron chi connectivity index (χ0n) is 17.7. The number of benzene rings is 2. The molecule has 6 nitrogen and oxygen atoms in total. The molecule has 3 N–H and O–H groups in total. The number of carbonyl (C=O) groups excluding carboxylic acids is 2. The van der Waals surface area contributed by atoms with Gasteiger partial charge in [0.05, 0.1) is 12.2 Å². The van der Waals surface area contributed by atoms with Crippen LogP contribution in [0.3, 0.4) is 0 Å². The Balaban J connectivity index is 1.72. The number of rotatable bonds is 6. The molecule has 0 spiro atoms. The van der Waals surface area contributed by atoms with E-state index in [4.69, 9.17) is 5.73 Å². The fourth-order valence-corrected chi connectivity index (χ4v) is 3.33. The molecule has 1 aromatic heterocycles. The van der Waals surface area contributed by atoms with Crippen molar-refractivity contribution in [2.45, 2.75) is 34.2 Å². The van der Waals surface area contributed by atoms with Crippen LogP contribution in [0.5, 0.6) is 0 Å². The fraction of sp³-hybridized carbons (Fsp3) is 0.208. The van der Waals surface area contributed by atoms with Gasteiger partial charge in [-0.1, -0.05) is 29.8 Å². The molecule has 30 heavy (non-hydrogen) atoms. The van der Waals surface area contributed by atoms with Crippen LogP contribution >= 0.6 is 0 Å². The minimum absolute atomic E-state index is 0.258. The Morgan fingerprint density at radius 2 is 1.77 bits per heavy atom. The van der Waals surface area contributed by atoms with Crippen molar-refractivity contribution < 1.29 is 9.59 Å². The van der Waals surface area contributed by atoms with Crippen LogP contribution in [0.1, 0.15) is 44.0 Å². The molecule has 0 saturated heterocycles. The molecule has 0 bridgehead atoms. The average molecular weight is 402 g/mol. The Hall–Kier alpha value is -3.67. The highest BCUT2D eigenvalue weighted by atomic mass is 16.1. The summed E-state index contributed by atoms with van der Waals surface area (Å²) in [5.74, 6) is -0.745. The Kier molecular flexibility index (Phi) is 6.16. The van der Waals surface area contributed by atoms with E-state index in [0.717, 1.165) is 17.0 Å². The Morgan fingerprint density at radius 1 is 1.07 bits per heavy atom. The maximum Gasteiger partial charge on any atom is 0.248 e. The van der Waals surface area contributed by atoms with Crippen LogP contribution in [0.15, 0.2) is 48.5 Å². The van der Waals surface area contributed by atoms with Crippen LogP contribution in [0, 0.1) is 27.7 Å². The van der Waals surface area contributed by atoms with Crippen molar-refractivity contribution in [1.29, 1.82) is 0 Å². The van der Waals surface area contributed by atoms with Crippen molar-refractivity contribution in [2.24, 2.45) is 5.73 Å². The number of carbonyl (C=O) groups is 2. The van der Waals surface area contributed by atoms with Gasteiger partial charge in [-0.3, -0.25) is 14.3 Å². The number of primary amides is 1. The van der Waals surface area contributed by atoms with E-state index in [9.17, 15) is 9.59 Å². The lowest BCUT2D eigenvalue weighted by Crippen LogP contribution is -2.13. The lowest BCUT2D eigenvalue weighted by molar-refractivity contribution is -0.111. The lowest BCUT2D eigenvalue weighted by Gasteiger charge is -2.06. The van der Waals surface area contributed by atoms with E-state index in [0.29, 0.717) is 23.4 Å². The van der Waals surface area contributed by atoms with Gasteiger partial charge in [0, 0.05) is 28.6 Å². The molecule has 3 rings (SSSR count). The second-order valence-electron chi connectivity index (χ2n) is 7.44. The summed E-state index contributed by atoms with van der Waals surface area (Å²) in [6.45, 7) is 8.45. The summed E-state index contributed by atoms with van der Waals surface area (Å²) in [4.78, 5) is 23.7. The van der Waals surface area contributed by atoms with Crippen LogP contribution in [0.4, 0.5) is 5.69 Å². The van der Waals surface area contributed by atoms with Crippen LogP contribution in [-0.4, -0.2) is 21.6 Å². The normalized spacial score (nSPS) is 11.1. The molecule has 2 aromatic carbocycles. The van der Waals surface area contributed by atoms with Gasteiger partial charge in [0.2, 0.25) is 11.8 Å². The molecule has 0 unspecified atom stereocenters. The third-order valence-electron chi connectivity index (χ3n) is 5.05. The number of nitrogens with one attached hydrogen (secondary N) is 1. The number of nitrogens with zero attached hydrogens (tertiary/aromatic N) is 2. The molecule has 0 aliphatic rings. The van der Waals surface area contributed by atoms with E-state index >= 15 is 0 Å². The highest BCUT2D eigenvalue weighted by molar-refractivity contribution is 6.02. The minimum atomic E-state index is -0.487. The quantitative estimate of drug-likeness (QED) is 0.613. The van der Waals surface area contributed by atoms with E-state index in [-0.39, 0.29) is 5.91 Å². The monoisotopic (exact) mass is 402 g/mol. The number of anilines is 1. The summed E-state index contributed by atoms with van der Waals surface area (Å²) in [5, 5.41) is 7.42. The highest BCUT2D eigenvalue weighted by Gasteiger charge is 2.11. The molecule has 0 aliphatic carbocycles. The predicted molar refractivity (Wildman–Crippen MR) is 119 cm³/mol. The van der Waals surface area contributed by atoms with E-state index in [1.165, 1.54) is 17.2 Å². The number of hydrogen-bond donors (Lipinski definition) is 2. The first-order valence-corrected chi connectivity index (χ1v) is 9.73. The van der Waals surface area contributed by atoms with Crippen molar-refractivity contribution in [3.63, 3.8) is 0 Å². The van der Waals surface area contributed by atoms with Crippen LogP contribution in [-0.2, 0) is 11.3 Å². The molecule has 3 aromatic rings. The van der Waals surface area contributed by atoms with Gasteiger partial charge in [-0.25, -0.2) is 0 Å². The largest absolute Gasteiger partial charge is 0.366 e. The van der Waals surface area contributed by atoms with Gasteiger partial charge in [-0.15, -0.1) is 0 Å². The van der Waals surface area contributed by atoms with Crippen molar-refractivity contribution in [2.75, 3.05) is 5.32 Å². The summed E-state index contributed by atoms with van der Waals surface area (Å²) >= 11 is 0. The zero-order valence-corrected chi connectivity index (χ0v) is 17.7. The van der Waals surface area contributed by atoms with E-state index in [2.05, 4.69) is 41.6 Å². The number of nitrogens with two attached hydrogens (primary N) is 1. The first-order valence-electron chi connectivity index (χ1n) is 9.73. The standard InChI is InChI=1S/C24H26N4O2/c1-15-5-7-19(8-6-15)14-28-18(4)22(17(3)27-28)11-12-23(29)26-20-9-10-21(24(25)30)16(2)13-20/h5-13H,14H2,1-4H3,(H2,25,30)(H,26,29)/b12-11+. The second kappa shape index (κ2) is 8.78. The van der Waals surface area contributed by atoms with Gasteiger partial charge in [0.1, 0.15) is 0 Å². The topological polar surface area (TPSA) is 90.0 Å². The van der Waals surface area contributed by atoms with E-state index in [1.807, 2.05) is 18.5 Å². The zero-order chi connectivity index (χ0) is 21.8. The Labute approximate surface area is 176 Å². The summed E-state index contributed by atoms with van der Waals surface area (Å²) in [5.41, 5.74) is 12.3. The van der Waals surface area contributed by atoms with Gasteiger partial charge in [-0.2, -0.15) is 5.10 Å². The summed E-state index contributed by atoms with van der Waals surface area (Å²) in [6.07, 6.45) is 3.27.